The maximum absolute atomic E-state index is 13.2. The van der Waals surface area contributed by atoms with Gasteiger partial charge in [-0.2, -0.15) is 4.31 Å². The van der Waals surface area contributed by atoms with Gasteiger partial charge in [0.2, 0.25) is 10.0 Å². The second-order valence-electron chi connectivity index (χ2n) is 10.6. The summed E-state index contributed by atoms with van der Waals surface area (Å²) in [6.45, 7) is 7.21. The molecule has 3 aromatic rings. The van der Waals surface area contributed by atoms with Gasteiger partial charge in [-0.25, -0.2) is 18.2 Å². The van der Waals surface area contributed by atoms with Crippen LogP contribution in [0.2, 0.25) is 5.02 Å². The number of fused-ring (bicyclic) bond motifs is 2. The summed E-state index contributed by atoms with van der Waals surface area (Å²) in [4.78, 5) is 22.5. The molecule has 0 radical (unpaired) electrons. The number of halogens is 1. The van der Waals surface area contributed by atoms with Crippen LogP contribution in [0.5, 0.6) is 0 Å². The summed E-state index contributed by atoms with van der Waals surface area (Å²) < 4.78 is 37.9. The molecule has 37 heavy (non-hydrogen) atoms. The average Bonchev–Trinajstić information content (AvgIpc) is 3.21. The zero-order chi connectivity index (χ0) is 26.5. The zero-order valence-electron chi connectivity index (χ0n) is 21.4. The maximum atomic E-state index is 13.2. The summed E-state index contributed by atoms with van der Waals surface area (Å²) >= 11 is 6.36. The van der Waals surface area contributed by atoms with E-state index < -0.39 is 27.8 Å². The van der Waals surface area contributed by atoms with Crippen LogP contribution in [-0.4, -0.2) is 71.8 Å². The van der Waals surface area contributed by atoms with E-state index in [1.54, 1.807) is 17.3 Å². The van der Waals surface area contributed by atoms with Crippen molar-refractivity contribution in [3.05, 3.63) is 52.3 Å². The van der Waals surface area contributed by atoms with Crippen molar-refractivity contribution in [1.29, 1.82) is 0 Å². The lowest BCUT2D eigenvalue weighted by Crippen LogP contribution is -2.46. The number of aromatic nitrogens is 2. The lowest BCUT2D eigenvalue weighted by atomic mass is 9.87. The molecule has 0 saturated carbocycles. The number of amides is 1. The molecule has 1 atom stereocenters. The van der Waals surface area contributed by atoms with Gasteiger partial charge in [-0.3, -0.25) is 4.90 Å². The van der Waals surface area contributed by atoms with Crippen molar-refractivity contribution in [2.45, 2.75) is 45.4 Å². The number of carbonyl (C=O) groups excluding carboxylic acids is 1. The molecule has 0 unspecified atom stereocenters. The molecule has 2 aliphatic heterocycles. The van der Waals surface area contributed by atoms with E-state index >= 15 is 0 Å². The Bertz CT molecular complexity index is 1460. The molecule has 1 amide bonds. The molecule has 0 aliphatic carbocycles. The summed E-state index contributed by atoms with van der Waals surface area (Å²) in [5, 5.41) is 1.40. The highest BCUT2D eigenvalue weighted by molar-refractivity contribution is 7.88. The molecule has 2 aromatic heterocycles. The Balaban J connectivity index is 1.64. The van der Waals surface area contributed by atoms with E-state index in [4.69, 9.17) is 21.1 Å². The van der Waals surface area contributed by atoms with Crippen LogP contribution in [0, 0.1) is 0 Å². The summed E-state index contributed by atoms with van der Waals surface area (Å²) in [5.74, 6) is 0. The van der Waals surface area contributed by atoms with Crippen LogP contribution in [0.25, 0.3) is 22.2 Å². The molecule has 1 aromatic carbocycles. The minimum Gasteiger partial charge on any atom is -0.444 e. The highest BCUT2D eigenvalue weighted by Crippen LogP contribution is 2.38. The number of pyridine rings is 1. The predicted octanol–water partition coefficient (Wildman–Crippen LogP) is 4.51. The molecule has 2 aliphatic rings. The largest absolute Gasteiger partial charge is 0.444 e. The minimum atomic E-state index is -3.39. The van der Waals surface area contributed by atoms with E-state index in [1.165, 1.54) is 10.6 Å². The number of aromatic amines is 1. The van der Waals surface area contributed by atoms with Crippen molar-refractivity contribution in [3.63, 3.8) is 0 Å². The van der Waals surface area contributed by atoms with Crippen molar-refractivity contribution in [3.8, 4) is 11.1 Å². The molecule has 198 valence electrons. The maximum Gasteiger partial charge on any atom is 0.410 e. The fourth-order valence-electron chi connectivity index (χ4n) is 4.95. The second-order valence-corrected chi connectivity index (χ2v) is 13.0. The first kappa shape index (κ1) is 26.0. The third-order valence-corrected chi connectivity index (χ3v) is 8.30. The zero-order valence-corrected chi connectivity index (χ0v) is 22.9. The molecule has 1 N–H and O–H groups in total. The third-order valence-electron chi connectivity index (χ3n) is 6.74. The number of H-pyrrole nitrogens is 1. The standard InChI is InChI=1S/C26H31ClN4O5S/c1-26(2,3)36-25(32)31-7-8-35-15-23(31)19-10-17(18-11-20-22(27)13-29-24(20)28-12-18)9-16-5-6-30(14-21(16)19)37(4,33)34/h9-13,23H,5-8,14-15H2,1-4H3,(H,28,29)/t23-/m0/s1. The van der Waals surface area contributed by atoms with Gasteiger partial charge in [0, 0.05) is 43.0 Å². The number of hydrogen-bond acceptors (Lipinski definition) is 6. The molecular formula is C26H31ClN4O5S. The number of benzene rings is 1. The Morgan fingerprint density at radius 2 is 2.00 bits per heavy atom. The van der Waals surface area contributed by atoms with Gasteiger partial charge in [-0.05, 0) is 61.6 Å². The smallest absolute Gasteiger partial charge is 0.410 e. The van der Waals surface area contributed by atoms with Crippen LogP contribution >= 0.6 is 11.6 Å². The SMILES string of the molecule is CC(C)(C)OC(=O)N1CCOC[C@H]1c1cc(-c2cnc3[nH]cc(Cl)c3c2)cc2c1CN(S(C)(=O)=O)CC2. The van der Waals surface area contributed by atoms with E-state index in [2.05, 4.69) is 16.0 Å². The summed E-state index contributed by atoms with van der Waals surface area (Å²) in [7, 11) is -3.39. The molecule has 1 saturated heterocycles. The van der Waals surface area contributed by atoms with Crippen molar-refractivity contribution in [1.82, 2.24) is 19.2 Å². The number of nitrogens with one attached hydrogen (secondary N) is 1. The third kappa shape index (κ3) is 5.34. The fraction of sp³-hybridized carbons (Fsp3) is 0.462. The highest BCUT2D eigenvalue weighted by atomic mass is 35.5. The van der Waals surface area contributed by atoms with Gasteiger partial charge in [0.1, 0.15) is 11.2 Å². The van der Waals surface area contributed by atoms with Gasteiger partial charge in [-0.15, -0.1) is 0 Å². The van der Waals surface area contributed by atoms with Crippen LogP contribution in [-0.2, 0) is 32.5 Å². The van der Waals surface area contributed by atoms with Gasteiger partial charge < -0.3 is 14.5 Å². The highest BCUT2D eigenvalue weighted by Gasteiger charge is 2.36. The van der Waals surface area contributed by atoms with Crippen LogP contribution in [0.4, 0.5) is 4.79 Å². The van der Waals surface area contributed by atoms with E-state index in [9.17, 15) is 13.2 Å². The van der Waals surface area contributed by atoms with Crippen LogP contribution in [0.15, 0.2) is 30.6 Å². The number of carbonyl (C=O) groups is 1. The van der Waals surface area contributed by atoms with Crippen molar-refractivity contribution in [2.24, 2.45) is 0 Å². The quantitative estimate of drug-likeness (QED) is 0.518. The fourth-order valence-corrected chi connectivity index (χ4v) is 5.93. The van der Waals surface area contributed by atoms with Crippen LogP contribution < -0.4 is 0 Å². The molecule has 0 spiro atoms. The van der Waals surface area contributed by atoms with Gasteiger partial charge in [0.15, 0.2) is 0 Å². The van der Waals surface area contributed by atoms with Crippen molar-refractivity contribution < 1.29 is 22.7 Å². The van der Waals surface area contributed by atoms with E-state index in [1.807, 2.05) is 32.9 Å². The average molecular weight is 547 g/mol. The van der Waals surface area contributed by atoms with Gasteiger partial charge in [-0.1, -0.05) is 17.7 Å². The first-order valence-electron chi connectivity index (χ1n) is 12.2. The Kier molecular flexibility index (Phi) is 6.72. The lowest BCUT2D eigenvalue weighted by molar-refractivity contribution is -0.0333. The van der Waals surface area contributed by atoms with E-state index in [0.29, 0.717) is 36.8 Å². The number of morpholine rings is 1. The Morgan fingerprint density at radius 3 is 2.73 bits per heavy atom. The normalized spacial score (nSPS) is 19.2. The number of nitrogens with zero attached hydrogens (tertiary/aromatic N) is 3. The molecule has 11 heteroatoms. The van der Waals surface area contributed by atoms with Gasteiger partial charge >= 0.3 is 6.09 Å². The van der Waals surface area contributed by atoms with E-state index in [0.717, 1.165) is 33.2 Å². The molecule has 9 nitrogen and oxygen atoms in total. The summed E-state index contributed by atoms with van der Waals surface area (Å²) in [6, 6.07) is 5.67. The molecule has 4 heterocycles. The van der Waals surface area contributed by atoms with Gasteiger partial charge in [0.25, 0.3) is 0 Å². The first-order chi connectivity index (χ1) is 17.4. The summed E-state index contributed by atoms with van der Waals surface area (Å²) in [6.07, 6.45) is 4.86. The second kappa shape index (κ2) is 9.58. The first-order valence-corrected chi connectivity index (χ1v) is 14.4. The Hall–Kier alpha value is -2.66. The van der Waals surface area contributed by atoms with Crippen molar-refractivity contribution in [2.75, 3.05) is 32.6 Å². The number of rotatable bonds is 3. The van der Waals surface area contributed by atoms with Gasteiger partial charge in [0.05, 0.1) is 30.5 Å². The topological polar surface area (TPSA) is 105 Å². The molecule has 5 rings (SSSR count). The number of hydrogen-bond donors (Lipinski definition) is 1. The Morgan fingerprint density at radius 1 is 1.22 bits per heavy atom. The van der Waals surface area contributed by atoms with Crippen molar-refractivity contribution >= 4 is 38.8 Å². The monoisotopic (exact) mass is 546 g/mol. The van der Waals surface area contributed by atoms with Crippen LogP contribution in [0.3, 0.4) is 0 Å². The summed E-state index contributed by atoms with van der Waals surface area (Å²) in [5.41, 5.74) is 4.65. The predicted molar refractivity (Wildman–Crippen MR) is 142 cm³/mol. The molecule has 0 bridgehead atoms. The lowest BCUT2D eigenvalue weighted by Gasteiger charge is -2.39. The van der Waals surface area contributed by atoms with E-state index in [-0.39, 0.29) is 13.2 Å². The number of sulfonamides is 1. The molecular weight excluding hydrogens is 516 g/mol. The van der Waals surface area contributed by atoms with Crippen LogP contribution in [0.1, 0.15) is 43.5 Å². The minimum absolute atomic E-state index is 0.239. The molecule has 1 fully saturated rings. The number of ether oxygens (including phenoxy) is 2. The Labute approximate surface area is 221 Å².